The number of aromatic amines is 1. The topological polar surface area (TPSA) is 109 Å². The number of H-pyrrole nitrogens is 1. The maximum atomic E-state index is 12.4. The minimum atomic E-state index is -0.393. The lowest BCUT2D eigenvalue weighted by atomic mass is 9.53. The van der Waals surface area contributed by atoms with E-state index in [-0.39, 0.29) is 22.9 Å². The molecule has 3 N–H and O–H groups in total. The van der Waals surface area contributed by atoms with Crippen molar-refractivity contribution in [2.75, 3.05) is 5.75 Å². The van der Waals surface area contributed by atoms with Crippen molar-refractivity contribution in [2.24, 2.45) is 17.8 Å². The number of carbonyl (C=O) groups is 2. The summed E-state index contributed by atoms with van der Waals surface area (Å²) in [4.78, 5) is 36.2. The molecule has 5 rings (SSSR count). The molecule has 0 aromatic carbocycles. The lowest BCUT2D eigenvalue weighted by molar-refractivity contribution is -0.117. The van der Waals surface area contributed by atoms with Crippen molar-refractivity contribution in [3.05, 3.63) is 10.5 Å². The summed E-state index contributed by atoms with van der Waals surface area (Å²) in [6.07, 6.45) is 7.86. The van der Waals surface area contributed by atoms with Gasteiger partial charge in [0, 0.05) is 12.1 Å². The molecule has 4 bridgehead atoms. The molecule has 0 spiro atoms. The van der Waals surface area contributed by atoms with Gasteiger partial charge >= 0.3 is 11.7 Å². The first-order valence-corrected chi connectivity index (χ1v) is 10.8. The number of amides is 3. The molecule has 1 aromatic heterocycles. The highest BCUT2D eigenvalue weighted by molar-refractivity contribution is 7.99. The van der Waals surface area contributed by atoms with Crippen LogP contribution in [0.25, 0.3) is 0 Å². The van der Waals surface area contributed by atoms with Crippen LogP contribution in [-0.4, -0.2) is 38.0 Å². The van der Waals surface area contributed by atoms with Crippen molar-refractivity contribution >= 4 is 23.7 Å². The summed E-state index contributed by atoms with van der Waals surface area (Å²) in [6.45, 7) is 2.52. The number of imide groups is 1. The van der Waals surface area contributed by atoms with Gasteiger partial charge in [-0.25, -0.2) is 14.7 Å². The van der Waals surface area contributed by atoms with Crippen molar-refractivity contribution in [1.82, 2.24) is 25.4 Å². The summed E-state index contributed by atoms with van der Waals surface area (Å²) in [6, 6.07) is -0.393. The van der Waals surface area contributed by atoms with Gasteiger partial charge in [-0.05, 0) is 62.7 Å². The molecule has 1 heterocycles. The van der Waals surface area contributed by atoms with Crippen molar-refractivity contribution in [1.29, 1.82) is 0 Å². The second-order valence-corrected chi connectivity index (χ2v) is 9.39. The van der Waals surface area contributed by atoms with Crippen LogP contribution in [0.4, 0.5) is 4.79 Å². The first-order chi connectivity index (χ1) is 13.0. The number of hydrogen-bond donors (Lipinski definition) is 3. The number of nitrogens with zero attached hydrogens (tertiary/aromatic N) is 2. The molecule has 4 aliphatic rings. The molecule has 4 aliphatic carbocycles. The highest BCUT2D eigenvalue weighted by Crippen LogP contribution is 2.55. The number of hydrogen-bond acceptors (Lipinski definition) is 5. The maximum Gasteiger partial charge on any atom is 0.343 e. The second kappa shape index (κ2) is 7.33. The summed E-state index contributed by atoms with van der Waals surface area (Å²) in [5, 5.41) is 12.4. The smallest absolute Gasteiger partial charge is 0.332 e. The van der Waals surface area contributed by atoms with Crippen LogP contribution in [-0.2, 0) is 11.3 Å². The van der Waals surface area contributed by atoms with E-state index in [1.54, 1.807) is 0 Å². The zero-order valence-electron chi connectivity index (χ0n) is 15.6. The van der Waals surface area contributed by atoms with Crippen molar-refractivity contribution in [2.45, 2.75) is 69.1 Å². The van der Waals surface area contributed by atoms with Gasteiger partial charge in [0.15, 0.2) is 5.16 Å². The van der Waals surface area contributed by atoms with E-state index in [1.807, 2.05) is 6.92 Å². The van der Waals surface area contributed by atoms with Crippen molar-refractivity contribution in [3.8, 4) is 0 Å². The Morgan fingerprint density at radius 3 is 2.44 bits per heavy atom. The zero-order chi connectivity index (χ0) is 19.0. The Morgan fingerprint density at radius 2 is 1.85 bits per heavy atom. The Hall–Kier alpha value is -1.77. The van der Waals surface area contributed by atoms with Crippen LogP contribution in [0.1, 0.15) is 51.9 Å². The molecule has 0 radical (unpaired) electrons. The fourth-order valence-electron chi connectivity index (χ4n) is 5.66. The second-order valence-electron chi connectivity index (χ2n) is 8.45. The van der Waals surface area contributed by atoms with E-state index in [1.165, 1.54) is 23.8 Å². The first-order valence-electron chi connectivity index (χ1n) is 9.86. The molecule has 27 heavy (non-hydrogen) atoms. The number of urea groups is 1. The molecular weight excluding hydrogens is 366 g/mol. The number of nitrogens with one attached hydrogen (secondary N) is 3. The minimum absolute atomic E-state index is 0.0440. The van der Waals surface area contributed by atoms with Gasteiger partial charge in [0.05, 0.1) is 5.75 Å². The Kier molecular flexibility index (Phi) is 5.05. The summed E-state index contributed by atoms with van der Waals surface area (Å²) in [7, 11) is 0. The molecule has 4 fully saturated rings. The number of carbonyl (C=O) groups excluding carboxylic acids is 2. The van der Waals surface area contributed by atoms with Crippen LogP contribution in [0.2, 0.25) is 0 Å². The normalized spacial score (nSPS) is 31.1. The summed E-state index contributed by atoms with van der Waals surface area (Å²) in [5.41, 5.74) is -0.393. The van der Waals surface area contributed by atoms with Crippen LogP contribution < -0.4 is 16.3 Å². The van der Waals surface area contributed by atoms with Crippen LogP contribution in [0.3, 0.4) is 0 Å². The van der Waals surface area contributed by atoms with E-state index in [0.717, 1.165) is 55.2 Å². The fourth-order valence-corrected chi connectivity index (χ4v) is 6.44. The average molecular weight is 394 g/mol. The largest absolute Gasteiger partial charge is 0.343 e. The first kappa shape index (κ1) is 18.6. The van der Waals surface area contributed by atoms with Gasteiger partial charge in [-0.1, -0.05) is 18.7 Å². The number of thioether (sulfide) groups is 1. The Bertz CT molecular complexity index is 751. The Balaban J connectivity index is 1.29. The third kappa shape index (κ3) is 3.93. The van der Waals surface area contributed by atoms with Crippen molar-refractivity contribution < 1.29 is 9.59 Å². The standard InChI is InChI=1S/C18H27N5O3S/c1-2-3-23-16(26)21-22-17(23)27-10-14(24)19-15(25)20-18-7-11-4-12(8-18)6-13(5-11)9-18/h11-13H,2-10H2,1H3,(H,21,26)(H2,19,20,24,25). The lowest BCUT2D eigenvalue weighted by Gasteiger charge is -2.56. The molecular formula is C18H27N5O3S. The average Bonchev–Trinajstić information content (AvgIpc) is 2.92. The monoisotopic (exact) mass is 393 g/mol. The fraction of sp³-hybridized carbons (Fsp3) is 0.778. The van der Waals surface area contributed by atoms with Gasteiger partial charge in [0.1, 0.15) is 0 Å². The number of rotatable bonds is 6. The van der Waals surface area contributed by atoms with Gasteiger partial charge in [-0.15, -0.1) is 5.10 Å². The summed E-state index contributed by atoms with van der Waals surface area (Å²) in [5.74, 6) is 1.87. The molecule has 3 amide bonds. The summed E-state index contributed by atoms with van der Waals surface area (Å²) >= 11 is 1.16. The van der Waals surface area contributed by atoms with Gasteiger partial charge in [0.2, 0.25) is 5.91 Å². The predicted octanol–water partition coefficient (Wildman–Crippen LogP) is 1.87. The highest BCUT2D eigenvalue weighted by atomic mass is 32.2. The molecule has 8 nitrogen and oxygen atoms in total. The molecule has 4 saturated carbocycles. The summed E-state index contributed by atoms with van der Waals surface area (Å²) < 4.78 is 1.51. The Morgan fingerprint density at radius 1 is 1.22 bits per heavy atom. The maximum absolute atomic E-state index is 12.4. The van der Waals surface area contributed by atoms with E-state index in [2.05, 4.69) is 20.8 Å². The van der Waals surface area contributed by atoms with E-state index in [4.69, 9.17) is 0 Å². The lowest BCUT2D eigenvalue weighted by Crippen LogP contribution is -2.61. The van der Waals surface area contributed by atoms with Gasteiger partial charge in [-0.2, -0.15) is 0 Å². The molecule has 0 saturated heterocycles. The van der Waals surface area contributed by atoms with E-state index >= 15 is 0 Å². The molecule has 9 heteroatoms. The van der Waals surface area contributed by atoms with Crippen LogP contribution in [0.5, 0.6) is 0 Å². The van der Waals surface area contributed by atoms with E-state index in [9.17, 15) is 14.4 Å². The van der Waals surface area contributed by atoms with Gasteiger partial charge in [0.25, 0.3) is 0 Å². The molecule has 0 atom stereocenters. The van der Waals surface area contributed by atoms with E-state index in [0.29, 0.717) is 11.7 Å². The van der Waals surface area contributed by atoms with Crippen molar-refractivity contribution in [3.63, 3.8) is 0 Å². The molecule has 1 aromatic rings. The Labute approximate surface area is 162 Å². The SMILES string of the molecule is CCCn1c(SCC(=O)NC(=O)NC23CC4CC(CC(C4)C2)C3)n[nH]c1=O. The predicted molar refractivity (Wildman–Crippen MR) is 101 cm³/mol. The number of aromatic nitrogens is 3. The minimum Gasteiger partial charge on any atom is -0.332 e. The van der Waals surface area contributed by atoms with Crippen LogP contribution >= 0.6 is 11.8 Å². The van der Waals surface area contributed by atoms with Crippen LogP contribution in [0.15, 0.2) is 9.95 Å². The third-order valence-electron chi connectivity index (χ3n) is 6.17. The molecule has 0 aliphatic heterocycles. The molecule has 0 unspecified atom stereocenters. The van der Waals surface area contributed by atoms with Crippen LogP contribution in [0, 0.1) is 17.8 Å². The zero-order valence-corrected chi connectivity index (χ0v) is 16.4. The van der Waals surface area contributed by atoms with Gasteiger partial charge in [-0.3, -0.25) is 14.7 Å². The highest BCUT2D eigenvalue weighted by Gasteiger charge is 2.51. The van der Waals surface area contributed by atoms with Gasteiger partial charge < -0.3 is 5.32 Å². The van der Waals surface area contributed by atoms with E-state index < -0.39 is 6.03 Å². The molecule has 148 valence electrons. The quantitative estimate of drug-likeness (QED) is 0.639. The third-order valence-corrected chi connectivity index (χ3v) is 7.15.